The third kappa shape index (κ3) is 11.2. The minimum atomic E-state index is 0.803. The van der Waals surface area contributed by atoms with Crippen LogP contribution in [0.4, 0.5) is 0 Å². The van der Waals surface area contributed by atoms with Crippen molar-refractivity contribution < 1.29 is 0 Å². The van der Waals surface area contributed by atoms with Crippen molar-refractivity contribution in [1.82, 2.24) is 5.32 Å². The summed E-state index contributed by atoms with van der Waals surface area (Å²) in [6, 6.07) is 0. The highest BCUT2D eigenvalue weighted by Crippen LogP contribution is 2.16. The number of rotatable bonds is 10. The molecule has 1 nitrogen and oxygen atoms in total. The van der Waals surface area contributed by atoms with E-state index in [4.69, 9.17) is 0 Å². The van der Waals surface area contributed by atoms with Gasteiger partial charge in [-0.2, -0.15) is 0 Å². The average Bonchev–Trinajstić information content (AvgIpc) is 2.21. The fourth-order valence-electron chi connectivity index (χ4n) is 2.07. The predicted molar refractivity (Wildman–Crippen MR) is 83.4 cm³/mol. The van der Waals surface area contributed by atoms with E-state index in [0.29, 0.717) is 0 Å². The van der Waals surface area contributed by atoms with E-state index >= 15 is 0 Å². The zero-order chi connectivity index (χ0) is 12.4. The molecule has 0 aromatic carbocycles. The second kappa shape index (κ2) is 10.8. The van der Waals surface area contributed by atoms with Crippen LogP contribution in [-0.2, 0) is 0 Å². The molecule has 0 aliphatic carbocycles. The first-order valence-electron chi connectivity index (χ1n) is 6.91. The molecule has 0 radical (unpaired) electrons. The lowest BCUT2D eigenvalue weighted by molar-refractivity contribution is 0.399. The monoisotopic (exact) mass is 339 g/mol. The second-order valence-corrected chi connectivity index (χ2v) is 7.20. The third-order valence-electron chi connectivity index (χ3n) is 2.98. The number of nitrogens with one attached hydrogen (secondary N) is 1. The molecule has 0 aliphatic heterocycles. The topological polar surface area (TPSA) is 12.0 Å². The lowest BCUT2D eigenvalue weighted by atomic mass is 9.94. The minimum absolute atomic E-state index is 0.803. The van der Waals surface area contributed by atoms with Gasteiger partial charge in [-0.3, -0.25) is 0 Å². The minimum Gasteiger partial charge on any atom is -0.316 e. The predicted octanol–water partition coefficient (Wildman–Crippen LogP) is 4.64. The molecule has 2 atom stereocenters. The van der Waals surface area contributed by atoms with E-state index in [9.17, 15) is 0 Å². The van der Waals surface area contributed by atoms with Crippen LogP contribution >= 0.6 is 22.6 Å². The average molecular weight is 339 g/mol. The first-order valence-corrected chi connectivity index (χ1v) is 8.15. The first kappa shape index (κ1) is 16.7. The van der Waals surface area contributed by atoms with Crippen molar-refractivity contribution in [3.63, 3.8) is 0 Å². The molecule has 16 heavy (non-hydrogen) atoms. The quantitative estimate of drug-likeness (QED) is 0.347. The van der Waals surface area contributed by atoms with Crippen LogP contribution in [0.5, 0.6) is 0 Å². The van der Waals surface area contributed by atoms with Gasteiger partial charge in [0.2, 0.25) is 0 Å². The van der Waals surface area contributed by atoms with Gasteiger partial charge in [0.05, 0.1) is 0 Å². The van der Waals surface area contributed by atoms with E-state index < -0.39 is 0 Å². The largest absolute Gasteiger partial charge is 0.316 e. The Balaban J connectivity index is 3.20. The van der Waals surface area contributed by atoms with Crippen molar-refractivity contribution in [2.45, 2.75) is 63.7 Å². The summed E-state index contributed by atoms with van der Waals surface area (Å²) in [5.74, 6) is 1.77. The molecule has 0 aromatic rings. The van der Waals surface area contributed by atoms with Crippen LogP contribution in [0.2, 0.25) is 0 Å². The lowest BCUT2D eigenvalue weighted by Gasteiger charge is -2.14. The number of halogens is 1. The van der Waals surface area contributed by atoms with Crippen molar-refractivity contribution in [3.8, 4) is 0 Å². The van der Waals surface area contributed by atoms with Crippen LogP contribution in [0.3, 0.4) is 0 Å². The molecule has 0 fully saturated rings. The highest BCUT2D eigenvalue weighted by atomic mass is 127. The van der Waals surface area contributed by atoms with Crippen LogP contribution < -0.4 is 5.32 Å². The first-order chi connectivity index (χ1) is 7.56. The molecule has 0 rings (SSSR count). The molecule has 0 saturated carbocycles. The van der Waals surface area contributed by atoms with Gasteiger partial charge in [0.1, 0.15) is 0 Å². The summed E-state index contributed by atoms with van der Waals surface area (Å²) >= 11 is 2.53. The van der Waals surface area contributed by atoms with E-state index in [0.717, 1.165) is 15.8 Å². The highest BCUT2D eigenvalue weighted by molar-refractivity contribution is 14.1. The molecule has 0 saturated heterocycles. The van der Waals surface area contributed by atoms with E-state index in [1.165, 1.54) is 45.2 Å². The molecule has 1 N–H and O–H groups in total. The van der Waals surface area contributed by atoms with Crippen LogP contribution in [0, 0.1) is 11.8 Å². The number of hydrogen-bond acceptors (Lipinski definition) is 1. The molecule has 0 aromatic heterocycles. The van der Waals surface area contributed by atoms with Crippen LogP contribution in [0.25, 0.3) is 0 Å². The van der Waals surface area contributed by atoms with Gasteiger partial charge in [-0.25, -0.2) is 0 Å². The Morgan fingerprint density at radius 1 is 1.12 bits per heavy atom. The molecule has 98 valence electrons. The standard InChI is InChI=1S/C14H30IN/c1-5-14(15)11-16-9-7-6-8-13(4)10-12(2)3/h12-14,16H,5-11H2,1-4H3/t13-,14?/m0/s1. The summed E-state index contributed by atoms with van der Waals surface area (Å²) in [6.07, 6.45) is 6.80. The Morgan fingerprint density at radius 3 is 2.38 bits per heavy atom. The maximum absolute atomic E-state index is 3.54. The normalized spacial score (nSPS) is 15.4. The Labute approximate surface area is 116 Å². The molecule has 2 heteroatoms. The van der Waals surface area contributed by atoms with Gasteiger partial charge in [0.25, 0.3) is 0 Å². The Kier molecular flexibility index (Phi) is 11.3. The van der Waals surface area contributed by atoms with Crippen molar-refractivity contribution >= 4 is 22.6 Å². The Hall–Kier alpha value is 0.690. The summed E-state index contributed by atoms with van der Waals surface area (Å²) in [5, 5.41) is 3.54. The SMILES string of the molecule is CCC(I)CNCCCC[C@H](C)CC(C)C. The maximum Gasteiger partial charge on any atom is 0.0232 e. The van der Waals surface area contributed by atoms with Crippen molar-refractivity contribution in [2.75, 3.05) is 13.1 Å². The van der Waals surface area contributed by atoms with E-state index in [1.54, 1.807) is 0 Å². The fourth-order valence-corrected chi connectivity index (χ4v) is 2.38. The number of alkyl halides is 1. The summed E-state index contributed by atoms with van der Waals surface area (Å²) in [4.78, 5) is 0. The van der Waals surface area contributed by atoms with Crippen LogP contribution in [0.15, 0.2) is 0 Å². The second-order valence-electron chi connectivity index (χ2n) is 5.44. The van der Waals surface area contributed by atoms with Gasteiger partial charge in [-0.15, -0.1) is 0 Å². The highest BCUT2D eigenvalue weighted by Gasteiger charge is 2.04. The fraction of sp³-hybridized carbons (Fsp3) is 1.00. The molecular weight excluding hydrogens is 309 g/mol. The Morgan fingerprint density at radius 2 is 1.81 bits per heavy atom. The van der Waals surface area contributed by atoms with Crippen LogP contribution in [0.1, 0.15) is 59.8 Å². The smallest absolute Gasteiger partial charge is 0.0232 e. The maximum atomic E-state index is 3.54. The van der Waals surface area contributed by atoms with Crippen molar-refractivity contribution in [3.05, 3.63) is 0 Å². The van der Waals surface area contributed by atoms with Crippen molar-refractivity contribution in [1.29, 1.82) is 0 Å². The summed E-state index contributed by atoms with van der Waals surface area (Å²) in [7, 11) is 0. The summed E-state index contributed by atoms with van der Waals surface area (Å²) in [6.45, 7) is 11.7. The molecular formula is C14H30IN. The van der Waals surface area contributed by atoms with Gasteiger partial charge in [0, 0.05) is 10.5 Å². The molecule has 0 amide bonds. The molecule has 0 aliphatic rings. The lowest BCUT2D eigenvalue weighted by Crippen LogP contribution is -2.23. The molecule has 0 heterocycles. The zero-order valence-electron chi connectivity index (χ0n) is 11.6. The van der Waals surface area contributed by atoms with E-state index in [2.05, 4.69) is 55.6 Å². The van der Waals surface area contributed by atoms with E-state index in [1.807, 2.05) is 0 Å². The van der Waals surface area contributed by atoms with E-state index in [-0.39, 0.29) is 0 Å². The number of unbranched alkanes of at least 4 members (excludes halogenated alkanes) is 1. The third-order valence-corrected chi connectivity index (χ3v) is 4.30. The van der Waals surface area contributed by atoms with Crippen molar-refractivity contribution in [2.24, 2.45) is 11.8 Å². The molecule has 1 unspecified atom stereocenters. The Bertz CT molecular complexity index is 148. The molecule has 0 spiro atoms. The molecule has 0 bridgehead atoms. The van der Waals surface area contributed by atoms with Gasteiger partial charge < -0.3 is 5.32 Å². The summed E-state index contributed by atoms with van der Waals surface area (Å²) < 4.78 is 0.803. The zero-order valence-corrected chi connectivity index (χ0v) is 13.7. The van der Waals surface area contributed by atoms with Gasteiger partial charge >= 0.3 is 0 Å². The summed E-state index contributed by atoms with van der Waals surface area (Å²) in [5.41, 5.74) is 0. The van der Waals surface area contributed by atoms with Crippen LogP contribution in [-0.4, -0.2) is 17.0 Å². The van der Waals surface area contributed by atoms with Gasteiger partial charge in [0.15, 0.2) is 0 Å². The van der Waals surface area contributed by atoms with Gasteiger partial charge in [-0.05, 0) is 37.6 Å². The number of hydrogen-bond donors (Lipinski definition) is 1. The van der Waals surface area contributed by atoms with Gasteiger partial charge in [-0.1, -0.05) is 63.1 Å².